The number of carboxylic acids is 1. The Morgan fingerprint density at radius 3 is 2.33 bits per heavy atom. The van der Waals surface area contributed by atoms with Gasteiger partial charge >= 0.3 is 12.1 Å². The van der Waals surface area contributed by atoms with Crippen molar-refractivity contribution in [1.29, 1.82) is 0 Å². The van der Waals surface area contributed by atoms with Crippen LogP contribution in [0.4, 0.5) is 4.79 Å². The molecule has 1 aliphatic heterocycles. The van der Waals surface area contributed by atoms with Gasteiger partial charge in [-0.25, -0.2) is 9.59 Å². The van der Waals surface area contributed by atoms with E-state index in [2.05, 4.69) is 0 Å². The average Bonchev–Trinajstić information content (AvgIpc) is 2.19. The first-order valence-corrected chi connectivity index (χ1v) is 5.68. The van der Waals surface area contributed by atoms with Crippen LogP contribution in [-0.2, 0) is 9.53 Å². The van der Waals surface area contributed by atoms with Crippen molar-refractivity contribution in [2.45, 2.75) is 44.5 Å². The molecule has 1 aliphatic rings. The minimum atomic E-state index is -2.20. The third-order valence-electron chi connectivity index (χ3n) is 2.73. The van der Waals surface area contributed by atoms with Crippen LogP contribution in [0.1, 0.15) is 27.2 Å². The van der Waals surface area contributed by atoms with Gasteiger partial charge in [-0.15, -0.1) is 0 Å². The Morgan fingerprint density at radius 2 is 1.94 bits per heavy atom. The van der Waals surface area contributed by atoms with E-state index < -0.39 is 29.4 Å². The molecule has 0 unspecified atom stereocenters. The topological polar surface area (TPSA) is 107 Å². The van der Waals surface area contributed by atoms with Crippen molar-refractivity contribution in [2.75, 3.05) is 13.1 Å². The summed E-state index contributed by atoms with van der Waals surface area (Å²) in [5, 5.41) is 28.2. The van der Waals surface area contributed by atoms with Crippen molar-refractivity contribution >= 4 is 12.1 Å². The first-order chi connectivity index (χ1) is 8.06. The van der Waals surface area contributed by atoms with E-state index in [0.717, 1.165) is 0 Å². The number of aliphatic hydroxyl groups excluding tert-OH is 1. The van der Waals surface area contributed by atoms with Crippen LogP contribution in [0, 0.1) is 0 Å². The molecule has 18 heavy (non-hydrogen) atoms. The highest BCUT2D eigenvalue weighted by Crippen LogP contribution is 2.24. The average molecular weight is 261 g/mol. The third-order valence-corrected chi connectivity index (χ3v) is 2.73. The minimum absolute atomic E-state index is 0.0226. The Balaban J connectivity index is 2.67. The number of amides is 1. The Morgan fingerprint density at radius 1 is 1.39 bits per heavy atom. The Hall–Kier alpha value is -1.34. The van der Waals surface area contributed by atoms with Crippen molar-refractivity contribution < 1.29 is 29.6 Å². The Labute approximate surface area is 105 Å². The number of rotatable bonds is 1. The maximum Gasteiger partial charge on any atom is 0.410 e. The largest absolute Gasteiger partial charge is 0.479 e. The van der Waals surface area contributed by atoms with Crippen molar-refractivity contribution in [3.05, 3.63) is 0 Å². The van der Waals surface area contributed by atoms with Gasteiger partial charge in [-0.3, -0.25) is 0 Å². The van der Waals surface area contributed by atoms with Gasteiger partial charge < -0.3 is 25.0 Å². The molecule has 0 aromatic heterocycles. The summed E-state index contributed by atoms with van der Waals surface area (Å²) >= 11 is 0. The molecule has 1 rings (SSSR count). The van der Waals surface area contributed by atoms with E-state index in [-0.39, 0.29) is 19.5 Å². The molecule has 0 bridgehead atoms. The SMILES string of the molecule is CC(C)(C)OC(=O)N1CC[C@@](O)(C(=O)O)[C@H](O)C1. The zero-order valence-corrected chi connectivity index (χ0v) is 10.7. The molecular weight excluding hydrogens is 242 g/mol. The van der Waals surface area contributed by atoms with Gasteiger partial charge in [-0.2, -0.15) is 0 Å². The number of ether oxygens (including phenoxy) is 1. The van der Waals surface area contributed by atoms with Gasteiger partial charge in [-0.1, -0.05) is 0 Å². The number of nitrogens with zero attached hydrogens (tertiary/aromatic N) is 1. The summed E-state index contributed by atoms with van der Waals surface area (Å²) in [7, 11) is 0. The number of β-amino-alcohol motifs (C(OH)–C–C–N with tert-alkyl or cyclic N) is 1. The summed E-state index contributed by atoms with van der Waals surface area (Å²) in [6.45, 7) is 4.88. The lowest BCUT2D eigenvalue weighted by Gasteiger charge is -2.39. The van der Waals surface area contributed by atoms with Crippen LogP contribution in [0.25, 0.3) is 0 Å². The van der Waals surface area contributed by atoms with Gasteiger partial charge in [0.25, 0.3) is 0 Å². The van der Waals surface area contributed by atoms with E-state index in [1.807, 2.05) is 0 Å². The zero-order chi connectivity index (χ0) is 14.1. The van der Waals surface area contributed by atoms with Gasteiger partial charge in [-0.05, 0) is 20.8 Å². The molecule has 7 heteroatoms. The number of likely N-dealkylation sites (tertiary alicyclic amines) is 1. The summed E-state index contributed by atoms with van der Waals surface area (Å²) in [5.41, 5.74) is -2.86. The number of aliphatic carboxylic acids is 1. The summed E-state index contributed by atoms with van der Waals surface area (Å²) in [6.07, 6.45) is -2.40. The van der Waals surface area contributed by atoms with Crippen LogP contribution in [0.2, 0.25) is 0 Å². The lowest BCUT2D eigenvalue weighted by atomic mass is 9.89. The van der Waals surface area contributed by atoms with E-state index in [1.165, 1.54) is 4.90 Å². The molecule has 0 spiro atoms. The standard InChI is InChI=1S/C11H19NO6/c1-10(2,3)18-9(16)12-5-4-11(17,8(14)15)7(13)6-12/h7,13,17H,4-6H2,1-3H3,(H,14,15)/t7-,11+/m1/s1. The molecule has 104 valence electrons. The van der Waals surface area contributed by atoms with Crippen molar-refractivity contribution in [1.82, 2.24) is 4.90 Å². The highest BCUT2D eigenvalue weighted by Gasteiger charge is 2.48. The van der Waals surface area contributed by atoms with Crippen LogP contribution in [0.3, 0.4) is 0 Å². The summed E-state index contributed by atoms with van der Waals surface area (Å²) in [4.78, 5) is 23.7. The number of hydrogen-bond donors (Lipinski definition) is 3. The number of piperidine rings is 1. The normalized spacial score (nSPS) is 28.9. The first kappa shape index (κ1) is 14.7. The quantitative estimate of drug-likeness (QED) is 0.603. The lowest BCUT2D eigenvalue weighted by Crippen LogP contribution is -2.61. The van der Waals surface area contributed by atoms with Crippen LogP contribution in [0.5, 0.6) is 0 Å². The second-order valence-electron chi connectivity index (χ2n) is 5.42. The molecule has 0 aromatic rings. The molecule has 7 nitrogen and oxygen atoms in total. The summed E-state index contributed by atoms with van der Waals surface area (Å²) < 4.78 is 5.10. The fourth-order valence-electron chi connectivity index (χ4n) is 1.66. The van der Waals surface area contributed by atoms with Crippen LogP contribution < -0.4 is 0 Å². The minimum Gasteiger partial charge on any atom is -0.479 e. The third kappa shape index (κ3) is 3.11. The predicted octanol–water partition coefficient (Wildman–Crippen LogP) is -0.196. The number of hydrogen-bond acceptors (Lipinski definition) is 5. The van der Waals surface area contributed by atoms with Crippen molar-refractivity contribution in [2.24, 2.45) is 0 Å². The molecule has 1 saturated heterocycles. The van der Waals surface area contributed by atoms with Crippen LogP contribution in [-0.4, -0.2) is 62.7 Å². The van der Waals surface area contributed by atoms with Gasteiger partial charge in [0.1, 0.15) is 11.7 Å². The van der Waals surface area contributed by atoms with Gasteiger partial charge in [0.15, 0.2) is 5.60 Å². The van der Waals surface area contributed by atoms with E-state index in [4.69, 9.17) is 9.84 Å². The predicted molar refractivity (Wildman–Crippen MR) is 61.0 cm³/mol. The second-order valence-corrected chi connectivity index (χ2v) is 5.42. The molecule has 0 aliphatic carbocycles. The van der Waals surface area contributed by atoms with Gasteiger partial charge in [0, 0.05) is 13.0 Å². The van der Waals surface area contributed by atoms with Gasteiger partial charge in [0.05, 0.1) is 6.54 Å². The molecule has 0 radical (unpaired) electrons. The second kappa shape index (κ2) is 4.74. The maximum atomic E-state index is 11.7. The Kier molecular flexibility index (Phi) is 3.87. The molecular formula is C11H19NO6. The molecule has 0 aromatic carbocycles. The lowest BCUT2D eigenvalue weighted by molar-refractivity contribution is -0.180. The fourth-order valence-corrected chi connectivity index (χ4v) is 1.66. The zero-order valence-electron chi connectivity index (χ0n) is 10.7. The molecule has 2 atom stereocenters. The molecule has 1 fully saturated rings. The number of carbonyl (C=O) groups excluding carboxylic acids is 1. The summed E-state index contributed by atoms with van der Waals surface area (Å²) in [5.74, 6) is -1.49. The highest BCUT2D eigenvalue weighted by molar-refractivity contribution is 5.79. The van der Waals surface area contributed by atoms with Gasteiger partial charge in [0.2, 0.25) is 0 Å². The number of aliphatic hydroxyl groups is 2. The molecule has 0 saturated carbocycles. The smallest absolute Gasteiger partial charge is 0.410 e. The van der Waals surface area contributed by atoms with E-state index in [0.29, 0.717) is 0 Å². The molecule has 1 amide bonds. The van der Waals surface area contributed by atoms with Crippen LogP contribution in [0.15, 0.2) is 0 Å². The molecule has 3 N–H and O–H groups in total. The summed E-state index contributed by atoms with van der Waals surface area (Å²) in [6, 6.07) is 0. The highest BCUT2D eigenvalue weighted by atomic mass is 16.6. The maximum absolute atomic E-state index is 11.7. The van der Waals surface area contributed by atoms with E-state index in [9.17, 15) is 19.8 Å². The first-order valence-electron chi connectivity index (χ1n) is 5.68. The van der Waals surface area contributed by atoms with Crippen molar-refractivity contribution in [3.8, 4) is 0 Å². The van der Waals surface area contributed by atoms with Crippen molar-refractivity contribution in [3.63, 3.8) is 0 Å². The van der Waals surface area contributed by atoms with E-state index in [1.54, 1.807) is 20.8 Å². The van der Waals surface area contributed by atoms with E-state index >= 15 is 0 Å². The monoisotopic (exact) mass is 261 g/mol. The number of carboxylic acid groups (broad SMARTS) is 1. The number of carbonyl (C=O) groups is 2. The molecule has 1 heterocycles. The van der Waals surface area contributed by atoms with Crippen LogP contribution >= 0.6 is 0 Å². The fraction of sp³-hybridized carbons (Fsp3) is 0.818. The Bertz CT molecular complexity index is 350.